The first-order valence-electron chi connectivity index (χ1n) is 14.4. The van der Waals surface area contributed by atoms with Crippen LogP contribution >= 0.6 is 0 Å². The number of carbonyl (C=O) groups excluding carboxylic acids is 1. The molecule has 3 saturated heterocycles. The van der Waals surface area contributed by atoms with E-state index >= 15 is 0 Å². The Hall–Kier alpha value is -1.10. The molecule has 15 atom stereocenters. The molecule has 13 N–H and O–H groups in total. The van der Waals surface area contributed by atoms with Gasteiger partial charge in [-0.2, -0.15) is 12.6 Å². The Morgan fingerprint density at radius 1 is 0.848 bits per heavy atom. The highest BCUT2D eigenvalue weighted by molar-refractivity contribution is 7.82. The van der Waals surface area contributed by atoms with Crippen molar-refractivity contribution < 1.29 is 96.7 Å². The van der Waals surface area contributed by atoms with Crippen LogP contribution in [0.2, 0.25) is 0 Å². The van der Waals surface area contributed by atoms with Crippen LogP contribution in [0.1, 0.15) is 32.6 Å². The maximum absolute atomic E-state index is 12.9. The van der Waals surface area contributed by atoms with E-state index in [1.807, 2.05) is 6.92 Å². The number of unbranched alkanes of at least 4 members (excludes halogenated alkanes) is 2. The zero-order valence-corrected chi connectivity index (χ0v) is 25.4. The first kappa shape index (κ1) is 39.3. The maximum Gasteiger partial charge on any atom is 0.406 e. The van der Waals surface area contributed by atoms with E-state index < -0.39 is 127 Å². The van der Waals surface area contributed by atoms with Gasteiger partial charge in [-0.3, -0.25) is 4.79 Å². The molecule has 3 aliphatic rings. The Kier molecular flexibility index (Phi) is 13.4. The van der Waals surface area contributed by atoms with Gasteiger partial charge in [0.2, 0.25) is 5.78 Å². The molecule has 0 saturated carbocycles. The molecule has 46 heavy (non-hydrogen) atoms. The molecule has 0 amide bonds. The van der Waals surface area contributed by atoms with Crippen molar-refractivity contribution in [1.29, 1.82) is 0 Å². The number of carbonyl (C=O) groups is 1. The molecular weight excluding hydrogens is 654 g/mol. The number of aliphatic hydroxyl groups excluding tert-OH is 9. The van der Waals surface area contributed by atoms with E-state index in [0.29, 0.717) is 12.8 Å². The third-order valence-corrected chi connectivity index (χ3v) is 8.77. The smallest absolute Gasteiger partial charge is 0.394 e. The molecule has 1 unspecified atom stereocenters. The Morgan fingerprint density at radius 2 is 1.39 bits per heavy atom. The molecule has 0 spiro atoms. The summed E-state index contributed by atoms with van der Waals surface area (Å²) in [4.78, 5) is 12.9. The molecule has 0 radical (unpaired) electrons. The fraction of sp³-hybridized carbons (Fsp3) is 0.958. The Labute approximate surface area is 262 Å². The number of hydrogen-bond donors (Lipinski definition) is 12. The minimum atomic E-state index is -5.34. The van der Waals surface area contributed by atoms with Crippen LogP contribution in [0.4, 0.5) is 0 Å². The monoisotopic (exact) mass is 697 g/mol. The second kappa shape index (κ2) is 15.6. The summed E-state index contributed by atoms with van der Waals surface area (Å²) in [5.74, 6) is -9.26. The Morgan fingerprint density at radius 3 is 1.96 bits per heavy atom. The second-order valence-electron chi connectivity index (χ2n) is 11.3. The van der Waals surface area contributed by atoms with Crippen LogP contribution in [-0.2, 0) is 42.5 Å². The largest absolute Gasteiger partial charge is 0.406 e. The minimum absolute atomic E-state index is 0.0808. The zero-order chi connectivity index (χ0) is 34.8. The van der Waals surface area contributed by atoms with Crippen molar-refractivity contribution in [2.45, 2.75) is 124 Å². The maximum atomic E-state index is 12.9. The molecule has 270 valence electrons. The molecule has 21 nitrogen and oxygen atoms in total. The molecule has 0 bridgehead atoms. The van der Waals surface area contributed by atoms with Crippen LogP contribution in [0.3, 0.4) is 0 Å². The molecule has 0 aromatic carbocycles. The SMILES string of the molecule is CCCCCC(N)C(=O)[C@@]1(O)OS(=O)(=O)O[C@@]1(O)[C@H](O)[C@H](O)CO[C@H]1O[C@H](CO[C@H]2O[C@H](CO)[C@@H](O)[C@H](O)[C@H]2O)[C@@H](O)[C@H](O)[C@H]1O. The summed E-state index contributed by atoms with van der Waals surface area (Å²) >= 11 is 0. The number of Topliss-reactive ketones (excluding diaryl/α,β-unsaturated/α-hetero) is 1. The highest BCUT2D eigenvalue weighted by atomic mass is 32.3. The zero-order valence-electron chi connectivity index (χ0n) is 24.5. The summed E-state index contributed by atoms with van der Waals surface area (Å²) in [6.45, 7) is -0.823. The fourth-order valence-electron chi connectivity index (χ4n) is 5.03. The van der Waals surface area contributed by atoms with E-state index in [1.54, 1.807) is 0 Å². The van der Waals surface area contributed by atoms with E-state index in [2.05, 4.69) is 8.37 Å². The third-order valence-electron chi connectivity index (χ3n) is 7.87. The number of aliphatic hydroxyl groups is 11. The van der Waals surface area contributed by atoms with Crippen molar-refractivity contribution in [3.05, 3.63) is 0 Å². The van der Waals surface area contributed by atoms with E-state index in [1.165, 1.54) is 0 Å². The van der Waals surface area contributed by atoms with Crippen molar-refractivity contribution in [2.24, 2.45) is 5.73 Å². The standard InChI is InChI=1S/C24H43NO20S/c1-2-3-4-5-9(25)19(34)23(36)24(37,45-46(38,39)44-23)20(35)10(27)7-40-21-18(33)16(31)14(29)12(43-21)8-41-22-17(32)15(30)13(28)11(6-26)42-22/h9-18,20-22,26-33,35-37H,2-8,25H2,1H3/t9?,10-,11-,12-,13-,14-,15+,16+,17-,18-,20-,21+,22+,23-,24+/m1/s1. The van der Waals surface area contributed by atoms with Crippen LogP contribution in [0, 0.1) is 0 Å². The molecule has 3 fully saturated rings. The molecule has 0 aromatic rings. The Balaban J connectivity index is 1.68. The quantitative estimate of drug-likeness (QED) is 0.0707. The van der Waals surface area contributed by atoms with Gasteiger partial charge in [0.15, 0.2) is 12.6 Å². The summed E-state index contributed by atoms with van der Waals surface area (Å²) < 4.78 is 53.6. The first-order chi connectivity index (χ1) is 21.3. The predicted molar refractivity (Wildman–Crippen MR) is 142 cm³/mol. The molecule has 0 aromatic heterocycles. The summed E-state index contributed by atoms with van der Waals surface area (Å²) in [5.41, 5.74) is 5.75. The average Bonchev–Trinajstić information content (AvgIpc) is 3.21. The number of rotatable bonds is 15. The number of ether oxygens (including phenoxy) is 4. The fourth-order valence-corrected chi connectivity index (χ4v) is 6.09. The number of ketones is 1. The van der Waals surface area contributed by atoms with Gasteiger partial charge in [-0.1, -0.05) is 26.2 Å². The summed E-state index contributed by atoms with van der Waals surface area (Å²) in [7, 11) is -5.34. The minimum Gasteiger partial charge on any atom is -0.394 e. The van der Waals surface area contributed by atoms with Crippen LogP contribution in [0.25, 0.3) is 0 Å². The normalized spacial score (nSPS) is 43.2. The van der Waals surface area contributed by atoms with Crippen molar-refractivity contribution in [2.75, 3.05) is 19.8 Å². The topological polar surface area (TPSA) is 355 Å². The van der Waals surface area contributed by atoms with E-state index in [4.69, 9.17) is 24.7 Å². The highest BCUT2D eigenvalue weighted by Gasteiger charge is 2.73. The van der Waals surface area contributed by atoms with Crippen molar-refractivity contribution in [3.8, 4) is 0 Å². The lowest BCUT2D eigenvalue weighted by molar-refractivity contribution is -0.341. The molecule has 3 rings (SSSR count). The molecule has 22 heteroatoms. The van der Waals surface area contributed by atoms with Crippen molar-refractivity contribution in [3.63, 3.8) is 0 Å². The third kappa shape index (κ3) is 8.02. The summed E-state index contributed by atoms with van der Waals surface area (Å²) in [5, 5.41) is 113. The lowest BCUT2D eigenvalue weighted by Crippen LogP contribution is -2.68. The first-order valence-corrected chi connectivity index (χ1v) is 15.7. The lowest BCUT2D eigenvalue weighted by atomic mass is 9.88. The molecule has 3 aliphatic heterocycles. The number of nitrogens with two attached hydrogens (primary N) is 1. The van der Waals surface area contributed by atoms with Crippen molar-refractivity contribution >= 4 is 16.2 Å². The van der Waals surface area contributed by atoms with E-state index in [9.17, 15) is 69.4 Å². The van der Waals surface area contributed by atoms with Gasteiger partial charge < -0.3 is 80.9 Å². The van der Waals surface area contributed by atoms with Gasteiger partial charge >= 0.3 is 16.2 Å². The molecular formula is C24H43NO20S. The second-order valence-corrected chi connectivity index (χ2v) is 12.4. The van der Waals surface area contributed by atoms with E-state index in [0.717, 1.165) is 6.42 Å². The summed E-state index contributed by atoms with van der Waals surface area (Å²) in [6, 6.07) is -1.60. The van der Waals surface area contributed by atoms with Crippen LogP contribution in [-0.4, -0.2) is 181 Å². The summed E-state index contributed by atoms with van der Waals surface area (Å²) in [6.07, 6.45) is -21.4. The lowest BCUT2D eigenvalue weighted by Gasteiger charge is -2.43. The molecule has 0 aliphatic carbocycles. The van der Waals surface area contributed by atoms with Gasteiger partial charge in [-0.15, -0.1) is 0 Å². The van der Waals surface area contributed by atoms with Gasteiger partial charge in [0.1, 0.15) is 61.0 Å². The number of hydrogen-bond acceptors (Lipinski definition) is 21. The molecule has 3 heterocycles. The highest BCUT2D eigenvalue weighted by Crippen LogP contribution is 2.42. The van der Waals surface area contributed by atoms with Crippen LogP contribution < -0.4 is 5.73 Å². The average molecular weight is 698 g/mol. The van der Waals surface area contributed by atoms with Gasteiger partial charge in [0.05, 0.1) is 25.9 Å². The van der Waals surface area contributed by atoms with Crippen LogP contribution in [0.15, 0.2) is 0 Å². The van der Waals surface area contributed by atoms with Gasteiger partial charge in [-0.05, 0) is 6.42 Å². The van der Waals surface area contributed by atoms with E-state index in [-0.39, 0.29) is 6.42 Å². The van der Waals surface area contributed by atoms with Gasteiger partial charge in [0, 0.05) is 0 Å². The predicted octanol–water partition coefficient (Wildman–Crippen LogP) is -7.51. The van der Waals surface area contributed by atoms with Crippen LogP contribution in [0.5, 0.6) is 0 Å². The van der Waals surface area contributed by atoms with Gasteiger partial charge in [0.25, 0.3) is 5.79 Å². The van der Waals surface area contributed by atoms with Crippen molar-refractivity contribution in [1.82, 2.24) is 0 Å². The Bertz CT molecular complexity index is 1120. The van der Waals surface area contributed by atoms with Gasteiger partial charge in [-0.25, -0.2) is 4.18 Å².